The number of hydrazone groups is 1. The normalized spacial score (nSPS) is 10.4. The lowest BCUT2D eigenvalue weighted by molar-refractivity contribution is -0.384. The summed E-state index contributed by atoms with van der Waals surface area (Å²) >= 11 is 0. The number of carbonyl (C=O) groups is 1. The molecule has 0 aliphatic carbocycles. The second-order valence-corrected chi connectivity index (χ2v) is 4.62. The Balaban J connectivity index is 2.03. The van der Waals surface area contributed by atoms with Gasteiger partial charge in [0.25, 0.3) is 11.6 Å². The summed E-state index contributed by atoms with van der Waals surface area (Å²) in [6.07, 6.45) is 1.39. The molecule has 0 aliphatic rings. The highest BCUT2D eigenvalue weighted by molar-refractivity contribution is 5.95. The van der Waals surface area contributed by atoms with Gasteiger partial charge in [0, 0.05) is 17.7 Å². The quantitative estimate of drug-likeness (QED) is 0.498. The van der Waals surface area contributed by atoms with E-state index in [1.165, 1.54) is 50.8 Å². The Kier molecular flexibility index (Phi) is 5.45. The molecule has 0 unspecified atom stereocenters. The number of carbonyl (C=O) groups excluding carboxylic acids is 1. The zero-order valence-corrected chi connectivity index (χ0v) is 13.1. The third-order valence-electron chi connectivity index (χ3n) is 3.13. The van der Waals surface area contributed by atoms with Crippen LogP contribution in [0.4, 0.5) is 5.69 Å². The number of rotatable bonds is 6. The predicted octanol–water partition coefficient (Wildman–Crippen LogP) is 2.38. The summed E-state index contributed by atoms with van der Waals surface area (Å²) < 4.78 is 10.2. The summed E-state index contributed by atoms with van der Waals surface area (Å²) in [5.41, 5.74) is 3.34. The molecular formula is C16H15N3O5. The third kappa shape index (κ3) is 4.07. The van der Waals surface area contributed by atoms with Gasteiger partial charge in [-0.15, -0.1) is 0 Å². The Morgan fingerprint density at radius 3 is 2.38 bits per heavy atom. The molecule has 0 aliphatic heterocycles. The van der Waals surface area contributed by atoms with Crippen LogP contribution in [0.3, 0.4) is 0 Å². The molecule has 2 aromatic carbocycles. The minimum absolute atomic E-state index is 0.0125. The maximum atomic E-state index is 12.0. The molecule has 0 bridgehead atoms. The van der Waals surface area contributed by atoms with Gasteiger partial charge in [0.05, 0.1) is 25.4 Å². The zero-order chi connectivity index (χ0) is 17.5. The molecule has 0 radical (unpaired) electrons. The number of hydrogen-bond acceptors (Lipinski definition) is 6. The first kappa shape index (κ1) is 16.9. The average Bonchev–Trinajstić information content (AvgIpc) is 2.61. The van der Waals surface area contributed by atoms with Crippen molar-refractivity contribution in [3.63, 3.8) is 0 Å². The number of ether oxygens (including phenoxy) is 2. The summed E-state index contributed by atoms with van der Waals surface area (Å²) in [7, 11) is 2.98. The van der Waals surface area contributed by atoms with Gasteiger partial charge in [-0.3, -0.25) is 14.9 Å². The highest BCUT2D eigenvalue weighted by Gasteiger charge is 2.10. The van der Waals surface area contributed by atoms with E-state index in [4.69, 9.17) is 9.47 Å². The van der Waals surface area contributed by atoms with Crippen molar-refractivity contribution in [2.24, 2.45) is 5.10 Å². The molecule has 0 heterocycles. The van der Waals surface area contributed by atoms with E-state index in [1.807, 2.05) is 0 Å². The van der Waals surface area contributed by atoms with Gasteiger partial charge in [0.15, 0.2) is 11.5 Å². The fraction of sp³-hybridized carbons (Fsp3) is 0.125. The fourth-order valence-corrected chi connectivity index (χ4v) is 1.89. The molecule has 0 spiro atoms. The second-order valence-electron chi connectivity index (χ2n) is 4.62. The summed E-state index contributed by atoms with van der Waals surface area (Å²) in [5.74, 6) is 0.530. The van der Waals surface area contributed by atoms with E-state index in [9.17, 15) is 14.9 Å². The first-order valence-corrected chi connectivity index (χ1v) is 6.85. The van der Waals surface area contributed by atoms with Gasteiger partial charge in [0.2, 0.25) is 0 Å². The molecule has 124 valence electrons. The van der Waals surface area contributed by atoms with Crippen LogP contribution in [-0.2, 0) is 0 Å². The average molecular weight is 329 g/mol. The lowest BCUT2D eigenvalue weighted by atomic mass is 10.2. The zero-order valence-electron chi connectivity index (χ0n) is 13.1. The molecule has 2 aromatic rings. The standard InChI is InChI=1S/C16H15N3O5/c1-23-14-8-5-12(9-15(14)24-2)16(20)18-17-10-11-3-6-13(7-4-11)19(21)22/h3-10H,1-2H3,(H,18,20)/b17-10+. The van der Waals surface area contributed by atoms with Crippen molar-refractivity contribution in [2.45, 2.75) is 0 Å². The van der Waals surface area contributed by atoms with Crippen molar-refractivity contribution in [2.75, 3.05) is 14.2 Å². The number of methoxy groups -OCH3 is 2. The Bertz CT molecular complexity index is 772. The van der Waals surface area contributed by atoms with Gasteiger partial charge >= 0.3 is 0 Å². The number of amides is 1. The van der Waals surface area contributed by atoms with Crippen LogP contribution in [0.15, 0.2) is 47.6 Å². The second kappa shape index (κ2) is 7.73. The summed E-state index contributed by atoms with van der Waals surface area (Å²) in [5, 5.41) is 14.4. The van der Waals surface area contributed by atoms with E-state index in [0.717, 1.165) is 0 Å². The van der Waals surface area contributed by atoms with Gasteiger partial charge in [0.1, 0.15) is 0 Å². The number of non-ortho nitro benzene ring substituents is 1. The molecule has 8 nitrogen and oxygen atoms in total. The highest BCUT2D eigenvalue weighted by Crippen LogP contribution is 2.27. The van der Waals surface area contributed by atoms with E-state index < -0.39 is 10.8 Å². The molecule has 2 rings (SSSR count). The minimum Gasteiger partial charge on any atom is -0.493 e. The van der Waals surface area contributed by atoms with Crippen molar-refractivity contribution in [1.29, 1.82) is 0 Å². The molecule has 24 heavy (non-hydrogen) atoms. The maximum absolute atomic E-state index is 12.0. The number of hydrogen-bond donors (Lipinski definition) is 1. The SMILES string of the molecule is COc1ccc(C(=O)N/N=C/c2ccc([N+](=O)[O-])cc2)cc1OC. The number of nitro benzene ring substituents is 1. The Hall–Kier alpha value is -3.42. The maximum Gasteiger partial charge on any atom is 0.271 e. The van der Waals surface area contributed by atoms with Crippen LogP contribution < -0.4 is 14.9 Å². The van der Waals surface area contributed by atoms with Crippen molar-refractivity contribution in [3.05, 3.63) is 63.7 Å². The van der Waals surface area contributed by atoms with Crippen LogP contribution in [-0.4, -0.2) is 31.3 Å². The molecule has 0 saturated heterocycles. The first-order valence-electron chi connectivity index (χ1n) is 6.85. The van der Waals surface area contributed by atoms with E-state index in [1.54, 1.807) is 12.1 Å². The van der Waals surface area contributed by atoms with Crippen LogP contribution in [0.25, 0.3) is 0 Å². The Labute approximate surface area is 137 Å². The lowest BCUT2D eigenvalue weighted by Gasteiger charge is -2.08. The van der Waals surface area contributed by atoms with Crippen LogP contribution in [0, 0.1) is 10.1 Å². The lowest BCUT2D eigenvalue weighted by Crippen LogP contribution is -2.17. The molecule has 1 amide bonds. The largest absolute Gasteiger partial charge is 0.493 e. The first-order chi connectivity index (χ1) is 11.5. The number of nitrogens with zero attached hydrogens (tertiary/aromatic N) is 2. The van der Waals surface area contributed by atoms with Crippen molar-refractivity contribution in [3.8, 4) is 11.5 Å². The molecule has 0 saturated carbocycles. The fourth-order valence-electron chi connectivity index (χ4n) is 1.89. The van der Waals surface area contributed by atoms with Gasteiger partial charge in [-0.05, 0) is 35.9 Å². The molecule has 0 atom stereocenters. The molecule has 0 fully saturated rings. The van der Waals surface area contributed by atoms with Crippen molar-refractivity contribution in [1.82, 2.24) is 5.43 Å². The van der Waals surface area contributed by atoms with Crippen LogP contribution in [0.2, 0.25) is 0 Å². The van der Waals surface area contributed by atoms with E-state index in [0.29, 0.717) is 22.6 Å². The predicted molar refractivity (Wildman–Crippen MR) is 87.7 cm³/mol. The Morgan fingerprint density at radius 2 is 1.79 bits per heavy atom. The van der Waals surface area contributed by atoms with Gasteiger partial charge < -0.3 is 9.47 Å². The monoisotopic (exact) mass is 329 g/mol. The molecular weight excluding hydrogens is 314 g/mol. The smallest absolute Gasteiger partial charge is 0.271 e. The van der Waals surface area contributed by atoms with Crippen molar-refractivity contribution >= 4 is 17.8 Å². The number of benzene rings is 2. The molecule has 1 N–H and O–H groups in total. The van der Waals surface area contributed by atoms with Crippen molar-refractivity contribution < 1.29 is 19.2 Å². The van der Waals surface area contributed by atoms with Gasteiger partial charge in [-0.2, -0.15) is 5.10 Å². The Morgan fingerprint density at radius 1 is 1.12 bits per heavy atom. The minimum atomic E-state index is -0.486. The molecule has 0 aromatic heterocycles. The van der Waals surface area contributed by atoms with E-state index in [2.05, 4.69) is 10.5 Å². The van der Waals surface area contributed by atoms with Crippen LogP contribution in [0.5, 0.6) is 11.5 Å². The topological polar surface area (TPSA) is 103 Å². The summed E-state index contributed by atoms with van der Waals surface area (Å²) in [6.45, 7) is 0. The molecule has 8 heteroatoms. The summed E-state index contributed by atoms with van der Waals surface area (Å²) in [6, 6.07) is 10.5. The highest BCUT2D eigenvalue weighted by atomic mass is 16.6. The van der Waals surface area contributed by atoms with Crippen LogP contribution >= 0.6 is 0 Å². The van der Waals surface area contributed by atoms with Gasteiger partial charge in [-0.25, -0.2) is 5.43 Å². The van der Waals surface area contributed by atoms with E-state index in [-0.39, 0.29) is 5.69 Å². The number of nitro groups is 1. The van der Waals surface area contributed by atoms with Crippen LogP contribution in [0.1, 0.15) is 15.9 Å². The number of nitrogens with one attached hydrogen (secondary N) is 1. The van der Waals surface area contributed by atoms with E-state index >= 15 is 0 Å². The summed E-state index contributed by atoms with van der Waals surface area (Å²) in [4.78, 5) is 22.1. The van der Waals surface area contributed by atoms with Gasteiger partial charge in [-0.1, -0.05) is 0 Å². The third-order valence-corrected chi connectivity index (χ3v) is 3.13.